The third kappa shape index (κ3) is 1.83. The Hall–Kier alpha value is -1.81. The molecule has 99 valence electrons. The van der Waals surface area contributed by atoms with E-state index >= 15 is 0 Å². The molecule has 0 bridgehead atoms. The average molecular weight is 256 g/mol. The van der Waals surface area contributed by atoms with Crippen molar-refractivity contribution < 1.29 is 4.79 Å². The molecule has 4 heteroatoms. The fourth-order valence-corrected chi connectivity index (χ4v) is 3.06. The van der Waals surface area contributed by atoms with Gasteiger partial charge in [-0.2, -0.15) is 0 Å². The Morgan fingerprint density at radius 3 is 3.05 bits per heavy atom. The highest BCUT2D eigenvalue weighted by Crippen LogP contribution is 2.35. The lowest BCUT2D eigenvalue weighted by atomic mass is 9.95. The molecular formula is C15H18N3O. The van der Waals surface area contributed by atoms with E-state index in [1.165, 1.54) is 5.56 Å². The highest BCUT2D eigenvalue weighted by molar-refractivity contribution is 5.89. The van der Waals surface area contributed by atoms with Crippen LogP contribution in [0.1, 0.15) is 31.1 Å². The Morgan fingerprint density at radius 1 is 1.58 bits per heavy atom. The van der Waals surface area contributed by atoms with Crippen LogP contribution in [-0.4, -0.2) is 28.4 Å². The van der Waals surface area contributed by atoms with Crippen molar-refractivity contribution in [3.05, 3.63) is 35.5 Å². The fourth-order valence-electron chi connectivity index (χ4n) is 3.06. The van der Waals surface area contributed by atoms with E-state index in [2.05, 4.69) is 29.8 Å². The average Bonchev–Trinajstić information content (AvgIpc) is 2.75. The summed E-state index contributed by atoms with van der Waals surface area (Å²) in [6.45, 7) is 5.05. The maximum atomic E-state index is 11.9. The number of amides is 1. The Morgan fingerprint density at radius 2 is 2.37 bits per heavy atom. The number of rotatable bonds is 2. The number of hydrogen-bond donors (Lipinski definition) is 2. The summed E-state index contributed by atoms with van der Waals surface area (Å²) in [6.07, 6.45) is 0.940. The molecule has 3 rings (SSSR count). The number of primary amides is 1. The zero-order valence-electron chi connectivity index (χ0n) is 11.2. The second-order valence-electron chi connectivity index (χ2n) is 5.38. The van der Waals surface area contributed by atoms with Gasteiger partial charge in [-0.15, -0.1) is 0 Å². The number of fused-ring (bicyclic) bond motifs is 3. The lowest BCUT2D eigenvalue weighted by molar-refractivity contribution is -0.124. The van der Waals surface area contributed by atoms with Crippen LogP contribution in [0.15, 0.2) is 18.2 Å². The van der Waals surface area contributed by atoms with Crippen molar-refractivity contribution in [3.8, 4) is 0 Å². The highest BCUT2D eigenvalue weighted by Gasteiger charge is 2.35. The standard InChI is InChI=1S/C15H18N3O/c1-9(2)18-8-7-11-10-5-3-4-6-12(10)17-13(11)14(18)15(16)19/h4-6,9,14,17H,7-8H2,1-2H3,(H2,16,19). The SMILES string of the molecule is CC(C)N1CCc2c([nH]c3cc[c]cc23)C1C(N)=O. The molecule has 1 aliphatic heterocycles. The van der Waals surface area contributed by atoms with E-state index in [9.17, 15) is 4.79 Å². The van der Waals surface area contributed by atoms with E-state index < -0.39 is 0 Å². The van der Waals surface area contributed by atoms with Crippen LogP contribution in [0.5, 0.6) is 0 Å². The van der Waals surface area contributed by atoms with Gasteiger partial charge in [0.25, 0.3) is 0 Å². The Bertz CT molecular complexity index is 629. The monoisotopic (exact) mass is 256 g/mol. The van der Waals surface area contributed by atoms with Gasteiger partial charge in [0.1, 0.15) is 6.04 Å². The number of nitrogens with two attached hydrogens (primary N) is 1. The zero-order chi connectivity index (χ0) is 13.6. The Balaban J connectivity index is 2.18. The van der Waals surface area contributed by atoms with Crippen LogP contribution in [0, 0.1) is 6.07 Å². The lowest BCUT2D eigenvalue weighted by Crippen LogP contribution is -2.45. The van der Waals surface area contributed by atoms with Gasteiger partial charge in [-0.25, -0.2) is 0 Å². The third-order valence-corrected chi connectivity index (χ3v) is 3.94. The van der Waals surface area contributed by atoms with Gasteiger partial charge in [0.15, 0.2) is 0 Å². The van der Waals surface area contributed by atoms with Crippen molar-refractivity contribution in [2.24, 2.45) is 5.73 Å². The van der Waals surface area contributed by atoms with Gasteiger partial charge in [0.2, 0.25) is 5.91 Å². The molecule has 0 saturated carbocycles. The van der Waals surface area contributed by atoms with Crippen LogP contribution in [0.2, 0.25) is 0 Å². The Kier molecular flexibility index (Phi) is 2.82. The van der Waals surface area contributed by atoms with Gasteiger partial charge >= 0.3 is 0 Å². The largest absolute Gasteiger partial charge is 0.368 e. The first kappa shape index (κ1) is 12.2. The van der Waals surface area contributed by atoms with Crippen molar-refractivity contribution in [2.45, 2.75) is 32.4 Å². The number of carbonyl (C=O) groups is 1. The van der Waals surface area contributed by atoms with Crippen LogP contribution in [0.3, 0.4) is 0 Å². The van der Waals surface area contributed by atoms with E-state index in [1.807, 2.05) is 18.2 Å². The smallest absolute Gasteiger partial charge is 0.240 e. The molecular weight excluding hydrogens is 238 g/mol. The van der Waals surface area contributed by atoms with E-state index in [1.54, 1.807) is 0 Å². The number of nitrogens with zero attached hydrogens (tertiary/aromatic N) is 1. The van der Waals surface area contributed by atoms with E-state index in [0.717, 1.165) is 29.6 Å². The summed E-state index contributed by atoms with van der Waals surface area (Å²) in [7, 11) is 0. The Labute approximate surface area is 112 Å². The molecule has 0 aliphatic carbocycles. The first-order valence-corrected chi connectivity index (χ1v) is 6.65. The summed E-state index contributed by atoms with van der Waals surface area (Å²) in [5.74, 6) is -0.287. The summed E-state index contributed by atoms with van der Waals surface area (Å²) in [5, 5.41) is 1.16. The number of carbonyl (C=O) groups excluding carboxylic acids is 1. The van der Waals surface area contributed by atoms with Gasteiger partial charge in [-0.3, -0.25) is 9.69 Å². The molecule has 2 heterocycles. The number of aromatic nitrogens is 1. The number of benzene rings is 1. The molecule has 0 saturated heterocycles. The quantitative estimate of drug-likeness (QED) is 0.860. The summed E-state index contributed by atoms with van der Waals surface area (Å²) >= 11 is 0. The maximum Gasteiger partial charge on any atom is 0.240 e. The molecule has 1 radical (unpaired) electrons. The third-order valence-electron chi connectivity index (χ3n) is 3.94. The molecule has 4 nitrogen and oxygen atoms in total. The van der Waals surface area contributed by atoms with Crippen LogP contribution in [0.4, 0.5) is 0 Å². The molecule has 0 spiro atoms. The van der Waals surface area contributed by atoms with Crippen LogP contribution >= 0.6 is 0 Å². The minimum atomic E-state index is -0.351. The van der Waals surface area contributed by atoms with Crippen molar-refractivity contribution in [1.29, 1.82) is 0 Å². The van der Waals surface area contributed by atoms with Crippen molar-refractivity contribution in [1.82, 2.24) is 9.88 Å². The van der Waals surface area contributed by atoms with Crippen LogP contribution in [-0.2, 0) is 11.2 Å². The minimum absolute atomic E-state index is 0.287. The first-order chi connectivity index (χ1) is 9.09. The maximum absolute atomic E-state index is 11.9. The lowest BCUT2D eigenvalue weighted by Gasteiger charge is -2.36. The predicted octanol–water partition coefficient (Wildman–Crippen LogP) is 1.76. The molecule has 1 unspecified atom stereocenters. The van der Waals surface area contributed by atoms with Gasteiger partial charge in [0.05, 0.1) is 0 Å². The van der Waals surface area contributed by atoms with Crippen LogP contribution < -0.4 is 5.73 Å². The zero-order valence-corrected chi connectivity index (χ0v) is 11.2. The minimum Gasteiger partial charge on any atom is -0.368 e. The van der Waals surface area contributed by atoms with Gasteiger partial charge in [-0.05, 0) is 44.0 Å². The topological polar surface area (TPSA) is 62.1 Å². The molecule has 3 N–H and O–H groups in total. The highest BCUT2D eigenvalue weighted by atomic mass is 16.1. The van der Waals surface area contributed by atoms with E-state index in [-0.39, 0.29) is 11.9 Å². The molecule has 2 aromatic rings. The molecule has 1 aromatic heterocycles. The van der Waals surface area contributed by atoms with Gasteiger partial charge in [0, 0.05) is 29.2 Å². The molecule has 19 heavy (non-hydrogen) atoms. The first-order valence-electron chi connectivity index (χ1n) is 6.65. The van der Waals surface area contributed by atoms with Crippen molar-refractivity contribution >= 4 is 16.8 Å². The summed E-state index contributed by atoms with van der Waals surface area (Å²) in [4.78, 5) is 17.4. The van der Waals surface area contributed by atoms with Crippen LogP contribution in [0.25, 0.3) is 10.9 Å². The molecule has 1 amide bonds. The fraction of sp³-hybridized carbons (Fsp3) is 0.400. The normalized spacial score (nSPS) is 19.8. The number of H-pyrrole nitrogens is 1. The molecule has 1 aliphatic rings. The number of nitrogens with one attached hydrogen (secondary N) is 1. The number of aromatic amines is 1. The molecule has 1 aromatic carbocycles. The summed E-state index contributed by atoms with van der Waals surface area (Å²) < 4.78 is 0. The second kappa shape index (κ2) is 4.38. The predicted molar refractivity (Wildman–Crippen MR) is 74.6 cm³/mol. The van der Waals surface area contributed by atoms with Gasteiger partial charge in [-0.1, -0.05) is 6.07 Å². The summed E-state index contributed by atoms with van der Waals surface area (Å²) in [6, 6.07) is 8.89. The van der Waals surface area contributed by atoms with Crippen molar-refractivity contribution in [2.75, 3.05) is 6.54 Å². The van der Waals surface area contributed by atoms with E-state index in [0.29, 0.717) is 6.04 Å². The van der Waals surface area contributed by atoms with Gasteiger partial charge < -0.3 is 10.7 Å². The molecule has 0 fully saturated rings. The molecule has 1 atom stereocenters. The number of hydrogen-bond acceptors (Lipinski definition) is 2. The van der Waals surface area contributed by atoms with Crippen molar-refractivity contribution in [3.63, 3.8) is 0 Å². The second-order valence-corrected chi connectivity index (χ2v) is 5.38. The summed E-state index contributed by atoms with van der Waals surface area (Å²) in [5.41, 5.74) is 8.86. The van der Waals surface area contributed by atoms with E-state index in [4.69, 9.17) is 5.73 Å².